The van der Waals surface area contributed by atoms with E-state index in [1.165, 1.54) is 7.05 Å². The first-order valence-corrected chi connectivity index (χ1v) is 4.75. The van der Waals surface area contributed by atoms with Crippen molar-refractivity contribution in [3.05, 3.63) is 35.9 Å². The third-order valence-electron chi connectivity index (χ3n) is 2.00. The van der Waals surface area contributed by atoms with Crippen LogP contribution in [0.5, 0.6) is 0 Å². The van der Waals surface area contributed by atoms with Crippen LogP contribution in [-0.4, -0.2) is 30.1 Å². The Kier molecular flexibility index (Phi) is 6.93. The van der Waals surface area contributed by atoms with Gasteiger partial charge in [-0.15, -0.1) is 12.4 Å². The molecule has 0 aliphatic heterocycles. The number of carbonyl (C=O) groups is 2. The highest BCUT2D eigenvalue weighted by molar-refractivity contribution is 5.98. The highest BCUT2D eigenvalue weighted by atomic mass is 35.5. The van der Waals surface area contributed by atoms with Gasteiger partial charge in [0, 0.05) is 0 Å². The average Bonchev–Trinajstić information content (AvgIpc) is 2.28. The first-order chi connectivity index (χ1) is 7.65. The summed E-state index contributed by atoms with van der Waals surface area (Å²) in [4.78, 5) is 21.9. The molecule has 0 amide bonds. The maximum Gasteiger partial charge on any atom is 0.335 e. The van der Waals surface area contributed by atoms with Gasteiger partial charge in [0.05, 0.1) is 0 Å². The van der Waals surface area contributed by atoms with Crippen LogP contribution in [0.2, 0.25) is 0 Å². The molecule has 1 atom stereocenters. The second-order valence-electron chi connectivity index (χ2n) is 3.15. The number of halogens is 1. The second kappa shape index (κ2) is 7.65. The van der Waals surface area contributed by atoms with Gasteiger partial charge in [0.1, 0.15) is 6.61 Å². The molecular formula is C11H14ClNO4. The van der Waals surface area contributed by atoms with Crippen LogP contribution in [0.15, 0.2) is 30.3 Å². The molecule has 0 heterocycles. The summed E-state index contributed by atoms with van der Waals surface area (Å²) in [5.74, 6) is -2.04. The number of ether oxygens (including phenoxy) is 1. The number of aliphatic carboxylic acids is 1. The lowest BCUT2D eigenvalue weighted by molar-refractivity contribution is -0.155. The maximum atomic E-state index is 11.3. The predicted octanol–water partition coefficient (Wildman–Crippen LogP) is 0.824. The molecule has 1 aromatic rings. The number of carboxylic acid groups (broad SMARTS) is 1. The molecule has 5 nitrogen and oxygen atoms in total. The molecule has 0 saturated heterocycles. The van der Waals surface area contributed by atoms with Crippen molar-refractivity contribution in [1.82, 2.24) is 5.32 Å². The van der Waals surface area contributed by atoms with Crippen LogP contribution in [-0.2, 0) is 20.9 Å². The third kappa shape index (κ3) is 4.84. The molecule has 2 N–H and O–H groups in total. The van der Waals surface area contributed by atoms with Gasteiger partial charge in [-0.05, 0) is 12.6 Å². The molecule has 1 unspecified atom stereocenters. The van der Waals surface area contributed by atoms with Crippen LogP contribution in [0, 0.1) is 0 Å². The standard InChI is InChI=1S/C11H13NO4.ClH/c1-12-9(10(13)14)11(15)16-7-8-5-3-2-4-6-8;/h2-6,9,12H,7H2,1H3,(H,13,14);1H. The fourth-order valence-electron chi connectivity index (χ4n) is 1.15. The van der Waals surface area contributed by atoms with Gasteiger partial charge >= 0.3 is 11.9 Å². The smallest absolute Gasteiger partial charge is 0.335 e. The summed E-state index contributed by atoms with van der Waals surface area (Å²) in [6, 6.07) is 7.75. The monoisotopic (exact) mass is 259 g/mol. The van der Waals surface area contributed by atoms with E-state index in [2.05, 4.69) is 5.32 Å². The van der Waals surface area contributed by atoms with Crippen molar-refractivity contribution in [2.45, 2.75) is 12.6 Å². The van der Waals surface area contributed by atoms with Crippen molar-refractivity contribution in [2.24, 2.45) is 0 Å². The zero-order valence-electron chi connectivity index (χ0n) is 9.25. The third-order valence-corrected chi connectivity index (χ3v) is 2.00. The molecule has 1 aromatic carbocycles. The molecule has 0 bridgehead atoms. The largest absolute Gasteiger partial charge is 0.480 e. The summed E-state index contributed by atoms with van der Waals surface area (Å²) >= 11 is 0. The SMILES string of the molecule is CNC(C(=O)O)C(=O)OCc1ccccc1.Cl. The van der Waals surface area contributed by atoms with Crippen molar-refractivity contribution in [2.75, 3.05) is 7.05 Å². The molecule has 1 rings (SSSR count). The Morgan fingerprint density at radius 2 is 1.94 bits per heavy atom. The molecule has 94 valence electrons. The fraction of sp³-hybridized carbons (Fsp3) is 0.273. The minimum Gasteiger partial charge on any atom is -0.480 e. The summed E-state index contributed by atoms with van der Waals surface area (Å²) < 4.78 is 4.86. The number of benzene rings is 1. The Morgan fingerprint density at radius 3 is 2.41 bits per heavy atom. The number of likely N-dealkylation sites (N-methyl/N-ethyl adjacent to an activating group) is 1. The number of carbonyl (C=O) groups excluding carboxylic acids is 1. The zero-order chi connectivity index (χ0) is 12.0. The quantitative estimate of drug-likeness (QED) is 0.605. The first kappa shape index (κ1) is 15.4. The minimum atomic E-state index is -1.32. The van der Waals surface area contributed by atoms with Gasteiger partial charge in [0.2, 0.25) is 6.04 Å². The average molecular weight is 260 g/mol. The van der Waals surface area contributed by atoms with Crippen LogP contribution in [0.25, 0.3) is 0 Å². The Hall–Kier alpha value is -1.59. The van der Waals surface area contributed by atoms with Crippen LogP contribution >= 0.6 is 12.4 Å². The molecule has 0 spiro atoms. The van der Waals surface area contributed by atoms with E-state index in [9.17, 15) is 9.59 Å². The van der Waals surface area contributed by atoms with Gasteiger partial charge in [-0.1, -0.05) is 30.3 Å². The summed E-state index contributed by atoms with van der Waals surface area (Å²) in [6.07, 6.45) is 0. The Balaban J connectivity index is 0.00000256. The van der Waals surface area contributed by atoms with Crippen LogP contribution in [0.4, 0.5) is 0 Å². The van der Waals surface area contributed by atoms with Crippen LogP contribution in [0.1, 0.15) is 5.56 Å². The molecule has 17 heavy (non-hydrogen) atoms. The lowest BCUT2D eigenvalue weighted by atomic mass is 10.2. The van der Waals surface area contributed by atoms with Gasteiger partial charge < -0.3 is 9.84 Å². The highest BCUT2D eigenvalue weighted by Gasteiger charge is 2.25. The fourth-order valence-corrected chi connectivity index (χ4v) is 1.15. The Labute approximate surface area is 105 Å². The Morgan fingerprint density at radius 1 is 1.35 bits per heavy atom. The van der Waals surface area contributed by atoms with E-state index >= 15 is 0 Å². The van der Waals surface area contributed by atoms with Crippen molar-refractivity contribution >= 4 is 24.3 Å². The first-order valence-electron chi connectivity index (χ1n) is 4.75. The number of hydrogen-bond acceptors (Lipinski definition) is 4. The molecular weight excluding hydrogens is 246 g/mol. The number of esters is 1. The Bertz CT molecular complexity index is 369. The van der Waals surface area contributed by atoms with Gasteiger partial charge in [0.15, 0.2) is 0 Å². The molecule has 0 aromatic heterocycles. The van der Waals surface area contributed by atoms with E-state index in [1.54, 1.807) is 12.1 Å². The van der Waals surface area contributed by atoms with E-state index < -0.39 is 18.0 Å². The van der Waals surface area contributed by atoms with Gasteiger partial charge in [-0.3, -0.25) is 5.32 Å². The summed E-state index contributed by atoms with van der Waals surface area (Å²) in [7, 11) is 1.39. The number of hydrogen-bond donors (Lipinski definition) is 2. The van der Waals surface area contributed by atoms with Crippen molar-refractivity contribution in [3.8, 4) is 0 Å². The molecule has 0 radical (unpaired) electrons. The van der Waals surface area contributed by atoms with Gasteiger partial charge in [-0.25, -0.2) is 9.59 Å². The maximum absolute atomic E-state index is 11.3. The molecule has 0 aliphatic rings. The van der Waals surface area contributed by atoms with E-state index in [1.807, 2.05) is 18.2 Å². The zero-order valence-corrected chi connectivity index (χ0v) is 10.1. The normalized spacial score (nSPS) is 11.1. The van der Waals surface area contributed by atoms with E-state index in [-0.39, 0.29) is 19.0 Å². The summed E-state index contributed by atoms with van der Waals surface area (Å²) in [5, 5.41) is 11.0. The molecule has 0 saturated carbocycles. The number of nitrogens with one attached hydrogen (secondary N) is 1. The topological polar surface area (TPSA) is 75.6 Å². The van der Waals surface area contributed by atoms with Crippen molar-refractivity contribution < 1.29 is 19.4 Å². The van der Waals surface area contributed by atoms with E-state index in [0.717, 1.165) is 5.56 Å². The summed E-state index contributed by atoms with van der Waals surface area (Å²) in [5.41, 5.74) is 0.816. The van der Waals surface area contributed by atoms with Gasteiger partial charge in [-0.2, -0.15) is 0 Å². The van der Waals surface area contributed by atoms with Crippen LogP contribution in [0.3, 0.4) is 0 Å². The summed E-state index contributed by atoms with van der Waals surface area (Å²) in [6.45, 7) is 0.0745. The van der Waals surface area contributed by atoms with Crippen LogP contribution < -0.4 is 5.32 Å². The number of rotatable bonds is 5. The van der Waals surface area contributed by atoms with Crippen molar-refractivity contribution in [3.63, 3.8) is 0 Å². The predicted molar refractivity (Wildman–Crippen MR) is 64.0 cm³/mol. The number of carboxylic acids is 1. The second-order valence-corrected chi connectivity index (χ2v) is 3.15. The lowest BCUT2D eigenvalue weighted by Crippen LogP contribution is -2.42. The van der Waals surface area contributed by atoms with E-state index in [0.29, 0.717) is 0 Å². The van der Waals surface area contributed by atoms with Gasteiger partial charge in [0.25, 0.3) is 0 Å². The molecule has 0 aliphatic carbocycles. The molecule has 6 heteroatoms. The minimum absolute atomic E-state index is 0. The van der Waals surface area contributed by atoms with E-state index in [4.69, 9.17) is 9.84 Å². The highest BCUT2D eigenvalue weighted by Crippen LogP contribution is 2.01. The molecule has 0 fully saturated rings. The lowest BCUT2D eigenvalue weighted by Gasteiger charge is -2.10. The van der Waals surface area contributed by atoms with Crippen molar-refractivity contribution in [1.29, 1.82) is 0 Å².